The first-order chi connectivity index (χ1) is 13.1. The van der Waals surface area contributed by atoms with Gasteiger partial charge in [0.1, 0.15) is 6.10 Å². The number of amides is 1. The van der Waals surface area contributed by atoms with E-state index in [9.17, 15) is 9.59 Å². The van der Waals surface area contributed by atoms with Crippen molar-refractivity contribution >= 4 is 28.1 Å². The van der Waals surface area contributed by atoms with Gasteiger partial charge in [-0.05, 0) is 54.3 Å². The van der Waals surface area contributed by atoms with Crippen LogP contribution in [0.4, 0.5) is 0 Å². The van der Waals surface area contributed by atoms with Crippen LogP contribution in [-0.4, -0.2) is 28.5 Å². The fourth-order valence-corrected chi connectivity index (χ4v) is 4.18. The summed E-state index contributed by atoms with van der Waals surface area (Å²) in [5.74, 6) is -0.0377. The molecule has 3 aromatic rings. The van der Waals surface area contributed by atoms with Crippen molar-refractivity contribution in [3.63, 3.8) is 0 Å². The van der Waals surface area contributed by atoms with Crippen LogP contribution in [0, 0.1) is 6.92 Å². The van der Waals surface area contributed by atoms with E-state index in [0.717, 1.165) is 34.2 Å². The van der Waals surface area contributed by atoms with Crippen molar-refractivity contribution in [1.82, 2.24) is 9.88 Å². The van der Waals surface area contributed by atoms with Crippen LogP contribution in [0.25, 0.3) is 10.9 Å². The molecule has 140 valence electrons. The van der Waals surface area contributed by atoms with Crippen LogP contribution >= 0.6 is 11.3 Å². The SMILES string of the molecule is Cc1ccc2cc(CN(Cc3cccs3)C(=O)[C@H]3CCCO3)c(=O)[nH]c2c1. The summed E-state index contributed by atoms with van der Waals surface area (Å²) < 4.78 is 5.59. The summed E-state index contributed by atoms with van der Waals surface area (Å²) in [6, 6.07) is 11.8. The highest BCUT2D eigenvalue weighted by atomic mass is 32.1. The molecule has 0 aliphatic carbocycles. The summed E-state index contributed by atoms with van der Waals surface area (Å²) in [5, 5.41) is 2.96. The highest BCUT2D eigenvalue weighted by molar-refractivity contribution is 7.09. The number of ether oxygens (including phenoxy) is 1. The number of aromatic nitrogens is 1. The largest absolute Gasteiger partial charge is 0.368 e. The molecule has 1 fully saturated rings. The van der Waals surface area contributed by atoms with E-state index < -0.39 is 6.10 Å². The van der Waals surface area contributed by atoms with Crippen molar-refractivity contribution in [2.45, 2.75) is 39.0 Å². The molecule has 0 bridgehead atoms. The fraction of sp³-hybridized carbons (Fsp3) is 0.333. The first-order valence-corrected chi connectivity index (χ1v) is 10.0. The lowest BCUT2D eigenvalue weighted by Gasteiger charge is -2.25. The molecule has 1 saturated heterocycles. The van der Waals surface area contributed by atoms with Gasteiger partial charge in [0.2, 0.25) is 0 Å². The number of hydrogen-bond acceptors (Lipinski definition) is 4. The third-order valence-electron chi connectivity index (χ3n) is 4.88. The molecule has 2 aromatic heterocycles. The molecule has 0 spiro atoms. The third kappa shape index (κ3) is 3.96. The predicted molar refractivity (Wildman–Crippen MR) is 107 cm³/mol. The van der Waals surface area contributed by atoms with Gasteiger partial charge in [0.05, 0.1) is 13.1 Å². The molecule has 6 heteroatoms. The van der Waals surface area contributed by atoms with Gasteiger partial charge in [0.25, 0.3) is 11.5 Å². The lowest BCUT2D eigenvalue weighted by molar-refractivity contribution is -0.142. The second-order valence-electron chi connectivity index (χ2n) is 6.99. The van der Waals surface area contributed by atoms with Crippen molar-refractivity contribution < 1.29 is 9.53 Å². The summed E-state index contributed by atoms with van der Waals surface area (Å²) in [5.41, 5.74) is 2.36. The number of H-pyrrole nitrogens is 1. The minimum absolute atomic E-state index is 0.0377. The average Bonchev–Trinajstić information content (AvgIpc) is 3.35. The van der Waals surface area contributed by atoms with Gasteiger partial charge in [-0.3, -0.25) is 9.59 Å². The Morgan fingerprint density at radius 1 is 1.30 bits per heavy atom. The highest BCUT2D eigenvalue weighted by Crippen LogP contribution is 2.21. The summed E-state index contributed by atoms with van der Waals surface area (Å²) in [6.07, 6.45) is 1.25. The molecule has 3 heterocycles. The van der Waals surface area contributed by atoms with Crippen LogP contribution in [0.1, 0.15) is 28.8 Å². The van der Waals surface area contributed by atoms with Gasteiger partial charge in [-0.2, -0.15) is 0 Å². The number of carbonyl (C=O) groups excluding carboxylic acids is 1. The molecule has 1 aliphatic rings. The van der Waals surface area contributed by atoms with Crippen LogP contribution in [0.2, 0.25) is 0 Å². The maximum Gasteiger partial charge on any atom is 0.253 e. The van der Waals surface area contributed by atoms with Gasteiger partial charge in [-0.15, -0.1) is 11.3 Å². The quantitative estimate of drug-likeness (QED) is 0.733. The molecule has 1 aromatic carbocycles. The Kier molecular flexibility index (Phi) is 5.09. The molecule has 1 aliphatic heterocycles. The number of rotatable bonds is 5. The average molecular weight is 382 g/mol. The van der Waals surface area contributed by atoms with Crippen LogP contribution in [0.3, 0.4) is 0 Å². The number of benzene rings is 1. The molecule has 1 N–H and O–H groups in total. The number of carbonyl (C=O) groups is 1. The van der Waals surface area contributed by atoms with Crippen molar-refractivity contribution in [2.75, 3.05) is 6.61 Å². The summed E-state index contributed by atoms with van der Waals surface area (Å²) in [7, 11) is 0. The first kappa shape index (κ1) is 17.9. The molecular formula is C21H22N2O3S. The molecule has 4 rings (SSSR count). The Morgan fingerprint density at radius 3 is 2.93 bits per heavy atom. The Bertz CT molecular complexity index is 1000. The zero-order valence-electron chi connectivity index (χ0n) is 15.2. The third-order valence-corrected chi connectivity index (χ3v) is 5.74. The number of aromatic amines is 1. The second-order valence-corrected chi connectivity index (χ2v) is 8.02. The van der Waals surface area contributed by atoms with Gasteiger partial charge in [0, 0.05) is 22.6 Å². The van der Waals surface area contributed by atoms with Crippen LogP contribution in [0.5, 0.6) is 0 Å². The first-order valence-electron chi connectivity index (χ1n) is 9.15. The number of hydrogen-bond donors (Lipinski definition) is 1. The van der Waals surface area contributed by atoms with E-state index in [1.165, 1.54) is 0 Å². The number of aryl methyl sites for hydroxylation is 1. The van der Waals surface area contributed by atoms with E-state index in [-0.39, 0.29) is 18.0 Å². The summed E-state index contributed by atoms with van der Waals surface area (Å²) in [4.78, 5) is 31.4. The lowest BCUT2D eigenvalue weighted by atomic mass is 10.1. The normalized spacial score (nSPS) is 16.7. The van der Waals surface area contributed by atoms with E-state index in [2.05, 4.69) is 4.98 Å². The Hall–Kier alpha value is -2.44. The molecule has 1 atom stereocenters. The molecule has 0 radical (unpaired) electrons. The predicted octanol–water partition coefficient (Wildman–Crippen LogP) is 3.61. The van der Waals surface area contributed by atoms with Crippen molar-refractivity contribution in [2.24, 2.45) is 0 Å². The standard InChI is InChI=1S/C21H22N2O3S/c1-14-6-7-15-11-16(20(24)22-18(15)10-14)12-23(13-17-4-3-9-27-17)21(25)19-5-2-8-26-19/h3-4,6-7,9-11,19H,2,5,8,12-13H2,1H3,(H,22,24)/t19-/m1/s1. The lowest BCUT2D eigenvalue weighted by Crippen LogP contribution is -2.39. The van der Waals surface area contributed by atoms with Crippen LogP contribution < -0.4 is 5.56 Å². The van der Waals surface area contributed by atoms with Gasteiger partial charge >= 0.3 is 0 Å². The van der Waals surface area contributed by atoms with E-state index in [1.807, 2.05) is 48.7 Å². The van der Waals surface area contributed by atoms with E-state index in [1.54, 1.807) is 16.2 Å². The number of nitrogens with one attached hydrogen (secondary N) is 1. The number of pyridine rings is 1. The van der Waals surface area contributed by atoms with Gasteiger partial charge in [-0.25, -0.2) is 0 Å². The monoisotopic (exact) mass is 382 g/mol. The second kappa shape index (κ2) is 7.66. The molecule has 1 amide bonds. The Morgan fingerprint density at radius 2 is 2.19 bits per heavy atom. The fourth-order valence-electron chi connectivity index (χ4n) is 3.46. The number of fused-ring (bicyclic) bond motifs is 1. The van der Waals surface area contributed by atoms with Crippen molar-refractivity contribution in [3.05, 3.63) is 68.1 Å². The minimum atomic E-state index is -0.396. The zero-order chi connectivity index (χ0) is 18.8. The van der Waals surface area contributed by atoms with E-state index in [4.69, 9.17) is 4.74 Å². The maximum atomic E-state index is 13.0. The topological polar surface area (TPSA) is 62.4 Å². The van der Waals surface area contributed by atoms with Gasteiger partial charge < -0.3 is 14.6 Å². The van der Waals surface area contributed by atoms with Gasteiger partial charge in [-0.1, -0.05) is 18.2 Å². The van der Waals surface area contributed by atoms with E-state index in [0.29, 0.717) is 18.7 Å². The zero-order valence-corrected chi connectivity index (χ0v) is 16.1. The summed E-state index contributed by atoms with van der Waals surface area (Å²) >= 11 is 1.61. The molecule has 0 saturated carbocycles. The highest BCUT2D eigenvalue weighted by Gasteiger charge is 2.29. The smallest absolute Gasteiger partial charge is 0.253 e. The van der Waals surface area contributed by atoms with E-state index >= 15 is 0 Å². The molecule has 5 nitrogen and oxygen atoms in total. The summed E-state index contributed by atoms with van der Waals surface area (Å²) in [6.45, 7) is 3.38. The Labute approximate surface area is 161 Å². The minimum Gasteiger partial charge on any atom is -0.368 e. The molecule has 27 heavy (non-hydrogen) atoms. The maximum absolute atomic E-state index is 13.0. The van der Waals surface area contributed by atoms with Crippen LogP contribution in [-0.2, 0) is 22.6 Å². The van der Waals surface area contributed by atoms with Crippen molar-refractivity contribution in [1.29, 1.82) is 0 Å². The Balaban J connectivity index is 1.64. The molecule has 0 unspecified atom stereocenters. The number of nitrogens with zero attached hydrogens (tertiary/aromatic N) is 1. The van der Waals surface area contributed by atoms with Gasteiger partial charge in [0.15, 0.2) is 0 Å². The van der Waals surface area contributed by atoms with Crippen LogP contribution in [0.15, 0.2) is 46.6 Å². The molecular weight excluding hydrogens is 360 g/mol. The van der Waals surface area contributed by atoms with Crippen molar-refractivity contribution in [3.8, 4) is 0 Å². The number of thiophene rings is 1.